The lowest BCUT2D eigenvalue weighted by Crippen LogP contribution is -2.14. The largest absolute Gasteiger partial charge is 0.494 e. The van der Waals surface area contributed by atoms with E-state index in [2.05, 4.69) is 25.6 Å². The van der Waals surface area contributed by atoms with Gasteiger partial charge < -0.3 is 4.74 Å². The third kappa shape index (κ3) is 3.07. The first-order valence-electron chi connectivity index (χ1n) is 5.41. The zero-order valence-corrected chi connectivity index (χ0v) is 12.7. The number of sulfonamides is 1. The van der Waals surface area contributed by atoms with Crippen LogP contribution in [0.15, 0.2) is 46.0 Å². The zero-order chi connectivity index (χ0) is 14.8. The van der Waals surface area contributed by atoms with Crippen LogP contribution in [0.4, 0.5) is 10.1 Å². The molecule has 1 aromatic carbocycles. The molecule has 1 aromatic heterocycles. The second-order valence-corrected chi connectivity index (χ2v) is 6.18. The molecule has 106 valence electrons. The van der Waals surface area contributed by atoms with Gasteiger partial charge in [-0.05, 0) is 46.3 Å². The lowest BCUT2D eigenvalue weighted by Gasteiger charge is -2.10. The molecule has 2 rings (SSSR count). The van der Waals surface area contributed by atoms with E-state index < -0.39 is 15.8 Å². The fraction of sp³-hybridized carbons (Fsp3) is 0.0833. The summed E-state index contributed by atoms with van der Waals surface area (Å²) in [6.07, 6.45) is 1.51. The van der Waals surface area contributed by atoms with Crippen molar-refractivity contribution in [1.29, 1.82) is 0 Å². The Hall–Kier alpha value is -1.67. The van der Waals surface area contributed by atoms with E-state index in [9.17, 15) is 12.8 Å². The van der Waals surface area contributed by atoms with Crippen molar-refractivity contribution in [2.24, 2.45) is 0 Å². The minimum Gasteiger partial charge on any atom is -0.494 e. The summed E-state index contributed by atoms with van der Waals surface area (Å²) in [4.78, 5) is 3.70. The summed E-state index contributed by atoms with van der Waals surface area (Å²) in [5, 5.41) is 0. The molecule has 2 aromatic rings. The minimum absolute atomic E-state index is 0.0218. The fourth-order valence-electron chi connectivity index (χ4n) is 1.48. The molecule has 0 saturated carbocycles. The van der Waals surface area contributed by atoms with Crippen molar-refractivity contribution in [3.63, 3.8) is 0 Å². The van der Waals surface area contributed by atoms with E-state index in [0.717, 1.165) is 6.07 Å². The van der Waals surface area contributed by atoms with Gasteiger partial charge >= 0.3 is 0 Å². The van der Waals surface area contributed by atoms with E-state index >= 15 is 0 Å². The second kappa shape index (κ2) is 5.76. The molecule has 0 bridgehead atoms. The van der Waals surface area contributed by atoms with Crippen LogP contribution in [0, 0.1) is 5.82 Å². The number of nitrogens with zero attached hydrogens (tertiary/aromatic N) is 1. The maximum atomic E-state index is 13.6. The predicted octanol–water partition coefficient (Wildman–Crippen LogP) is 2.79. The van der Waals surface area contributed by atoms with Gasteiger partial charge in [0.15, 0.2) is 11.6 Å². The summed E-state index contributed by atoms with van der Waals surface area (Å²) < 4.78 is 45.2. The molecule has 8 heteroatoms. The van der Waals surface area contributed by atoms with Crippen LogP contribution in [0.2, 0.25) is 0 Å². The van der Waals surface area contributed by atoms with Crippen LogP contribution in [-0.4, -0.2) is 20.5 Å². The Morgan fingerprint density at radius 2 is 2.10 bits per heavy atom. The number of hydrogen-bond donors (Lipinski definition) is 1. The predicted molar refractivity (Wildman–Crippen MR) is 75.7 cm³/mol. The molecule has 0 unspecified atom stereocenters. The van der Waals surface area contributed by atoms with E-state index in [1.807, 2.05) is 0 Å². The van der Waals surface area contributed by atoms with E-state index in [-0.39, 0.29) is 16.3 Å². The van der Waals surface area contributed by atoms with Gasteiger partial charge in [-0.15, -0.1) is 0 Å². The summed E-state index contributed by atoms with van der Waals surface area (Å²) in [5.74, 6) is -0.771. The van der Waals surface area contributed by atoms with Crippen LogP contribution in [-0.2, 0) is 10.0 Å². The Morgan fingerprint density at radius 3 is 2.70 bits per heavy atom. The molecule has 20 heavy (non-hydrogen) atoms. The third-order valence-electron chi connectivity index (χ3n) is 2.44. The highest BCUT2D eigenvalue weighted by molar-refractivity contribution is 9.10. The molecule has 1 N–H and O–H groups in total. The van der Waals surface area contributed by atoms with Gasteiger partial charge in [-0.25, -0.2) is 17.8 Å². The number of halogens is 2. The number of pyridine rings is 1. The van der Waals surface area contributed by atoms with Crippen molar-refractivity contribution in [3.05, 3.63) is 46.9 Å². The second-order valence-electron chi connectivity index (χ2n) is 3.74. The number of methoxy groups -OCH3 is 1. The Kier molecular flexibility index (Phi) is 4.24. The van der Waals surface area contributed by atoms with Crippen molar-refractivity contribution in [1.82, 2.24) is 4.98 Å². The molecule has 0 aliphatic rings. The maximum absolute atomic E-state index is 13.6. The van der Waals surface area contributed by atoms with Crippen LogP contribution in [0.25, 0.3) is 0 Å². The molecule has 0 aliphatic carbocycles. The Balaban J connectivity index is 2.36. The summed E-state index contributed by atoms with van der Waals surface area (Å²) in [6, 6.07) is 6.52. The van der Waals surface area contributed by atoms with Crippen LogP contribution < -0.4 is 9.46 Å². The SMILES string of the molecule is COc1ccc(S(=O)(=O)Nc2cccnc2Br)cc1F. The minimum atomic E-state index is -3.90. The van der Waals surface area contributed by atoms with E-state index in [0.29, 0.717) is 4.60 Å². The number of hydrogen-bond acceptors (Lipinski definition) is 4. The Morgan fingerprint density at radius 1 is 1.35 bits per heavy atom. The molecular weight excluding hydrogens is 351 g/mol. The van der Waals surface area contributed by atoms with Crippen LogP contribution >= 0.6 is 15.9 Å². The summed E-state index contributed by atoms with van der Waals surface area (Å²) in [6.45, 7) is 0. The molecule has 0 atom stereocenters. The normalized spacial score (nSPS) is 11.2. The highest BCUT2D eigenvalue weighted by atomic mass is 79.9. The van der Waals surface area contributed by atoms with Gasteiger partial charge in [0.1, 0.15) is 4.60 Å². The number of anilines is 1. The topological polar surface area (TPSA) is 68.3 Å². The smallest absolute Gasteiger partial charge is 0.262 e. The highest BCUT2D eigenvalue weighted by Crippen LogP contribution is 2.25. The standard InChI is InChI=1S/C12H10BrFN2O3S/c1-19-11-5-4-8(7-9(11)14)20(17,18)16-10-3-2-6-15-12(10)13/h2-7,16H,1H3. The number of nitrogens with one attached hydrogen (secondary N) is 1. The molecule has 0 amide bonds. The molecule has 1 heterocycles. The fourth-order valence-corrected chi connectivity index (χ4v) is 3.04. The molecule has 5 nitrogen and oxygen atoms in total. The lowest BCUT2D eigenvalue weighted by atomic mass is 10.3. The van der Waals surface area contributed by atoms with Gasteiger partial charge in [-0.3, -0.25) is 4.72 Å². The first-order valence-corrected chi connectivity index (χ1v) is 7.68. The monoisotopic (exact) mass is 360 g/mol. The summed E-state index contributed by atoms with van der Waals surface area (Å²) >= 11 is 3.13. The molecule has 0 radical (unpaired) electrons. The average Bonchev–Trinajstić information content (AvgIpc) is 2.41. The van der Waals surface area contributed by atoms with Crippen molar-refractivity contribution in [2.75, 3.05) is 11.8 Å². The summed E-state index contributed by atoms with van der Waals surface area (Å²) in [7, 11) is -2.60. The number of aromatic nitrogens is 1. The van der Waals surface area contributed by atoms with E-state index in [1.165, 1.54) is 31.5 Å². The van der Waals surface area contributed by atoms with E-state index in [4.69, 9.17) is 4.74 Å². The molecule has 0 saturated heterocycles. The molecule has 0 aliphatic heterocycles. The van der Waals surface area contributed by atoms with Gasteiger partial charge in [-0.2, -0.15) is 0 Å². The van der Waals surface area contributed by atoms with Crippen LogP contribution in [0.3, 0.4) is 0 Å². The zero-order valence-electron chi connectivity index (χ0n) is 10.3. The lowest BCUT2D eigenvalue weighted by molar-refractivity contribution is 0.385. The van der Waals surface area contributed by atoms with Gasteiger partial charge in [0.25, 0.3) is 10.0 Å². The Labute approximate surface area is 124 Å². The molecular formula is C12H10BrFN2O3S. The number of ether oxygens (including phenoxy) is 1. The van der Waals surface area contributed by atoms with Crippen molar-refractivity contribution < 1.29 is 17.5 Å². The number of benzene rings is 1. The highest BCUT2D eigenvalue weighted by Gasteiger charge is 2.18. The van der Waals surface area contributed by atoms with Gasteiger partial charge in [0.2, 0.25) is 0 Å². The van der Waals surface area contributed by atoms with Gasteiger partial charge in [-0.1, -0.05) is 0 Å². The van der Waals surface area contributed by atoms with E-state index in [1.54, 1.807) is 6.07 Å². The van der Waals surface area contributed by atoms with Crippen molar-refractivity contribution in [2.45, 2.75) is 4.90 Å². The van der Waals surface area contributed by atoms with Crippen LogP contribution in [0.5, 0.6) is 5.75 Å². The molecule has 0 fully saturated rings. The van der Waals surface area contributed by atoms with Crippen molar-refractivity contribution >= 4 is 31.6 Å². The quantitative estimate of drug-likeness (QED) is 0.851. The van der Waals surface area contributed by atoms with Gasteiger partial charge in [0, 0.05) is 6.20 Å². The number of rotatable bonds is 4. The average molecular weight is 361 g/mol. The van der Waals surface area contributed by atoms with Gasteiger partial charge in [0.05, 0.1) is 17.7 Å². The van der Waals surface area contributed by atoms with Crippen molar-refractivity contribution in [3.8, 4) is 5.75 Å². The summed E-state index contributed by atoms with van der Waals surface area (Å²) in [5.41, 5.74) is 0.267. The third-order valence-corrected chi connectivity index (χ3v) is 4.43. The first kappa shape index (κ1) is 14.7. The first-order chi connectivity index (χ1) is 9.44. The van der Waals surface area contributed by atoms with Crippen LogP contribution in [0.1, 0.15) is 0 Å². The maximum Gasteiger partial charge on any atom is 0.262 e. The molecule has 0 spiro atoms. The Bertz CT molecular complexity index is 737.